The average molecular weight is 134 g/mol. The lowest BCUT2D eigenvalue weighted by Gasteiger charge is -2.00. The Labute approximate surface area is 54.2 Å². The molecule has 0 heterocycles. The normalized spacial score (nSPS) is 8.62. The number of hydrogen-bond acceptors (Lipinski definition) is 3. The van der Waals surface area contributed by atoms with E-state index in [1.165, 1.54) is 0 Å². The smallest absolute Gasteiger partial charge is 0.255 e. The van der Waals surface area contributed by atoms with Gasteiger partial charge in [0.15, 0.2) is 0 Å². The number of nitrogens with one attached hydrogen (secondary N) is 1. The third-order valence-corrected chi connectivity index (χ3v) is 0.684. The van der Waals surface area contributed by atoms with E-state index in [1.807, 2.05) is 6.92 Å². The van der Waals surface area contributed by atoms with Crippen molar-refractivity contribution >= 4 is 17.4 Å². The lowest BCUT2D eigenvalue weighted by atomic mass is 10.8. The molecule has 0 aliphatic carbocycles. The summed E-state index contributed by atoms with van der Waals surface area (Å²) < 4.78 is 4.68. The van der Waals surface area contributed by atoms with Gasteiger partial charge in [0.1, 0.15) is 6.73 Å². The highest BCUT2D eigenvalue weighted by Crippen LogP contribution is 1.67. The van der Waals surface area contributed by atoms with Crippen molar-refractivity contribution in [2.24, 2.45) is 5.73 Å². The molecule has 0 amide bonds. The molecule has 0 spiro atoms. The molecule has 8 heavy (non-hydrogen) atoms. The van der Waals surface area contributed by atoms with E-state index in [2.05, 4.69) is 22.3 Å². The molecule has 0 aromatic carbocycles. The van der Waals surface area contributed by atoms with Crippen molar-refractivity contribution in [2.45, 2.75) is 6.92 Å². The molecule has 0 rings (SSSR count). The summed E-state index contributed by atoms with van der Waals surface area (Å²) in [6.45, 7) is 3.25. The summed E-state index contributed by atoms with van der Waals surface area (Å²) >= 11 is 4.42. The molecule has 0 unspecified atom stereocenters. The number of hydrogen-bond donors (Lipinski definition) is 2. The van der Waals surface area contributed by atoms with Gasteiger partial charge in [-0.05, 0) is 18.8 Å². The minimum atomic E-state index is 0.0888. The van der Waals surface area contributed by atoms with E-state index >= 15 is 0 Å². The summed E-state index contributed by atoms with van der Waals surface area (Å²) in [5, 5.41) is 2.98. The Morgan fingerprint density at radius 1 is 1.88 bits per heavy atom. The third kappa shape index (κ3) is 5.65. The Balaban J connectivity index is 2.82. The zero-order valence-corrected chi connectivity index (χ0v) is 5.62. The van der Waals surface area contributed by atoms with Crippen LogP contribution in [0.4, 0.5) is 0 Å². The van der Waals surface area contributed by atoms with Crippen molar-refractivity contribution in [2.75, 3.05) is 13.3 Å². The molecule has 0 atom stereocenters. The number of rotatable bonds is 3. The predicted molar refractivity (Wildman–Crippen MR) is 36.4 cm³/mol. The molecule has 0 aliphatic heterocycles. The van der Waals surface area contributed by atoms with Crippen molar-refractivity contribution in [3.63, 3.8) is 0 Å². The predicted octanol–water partition coefficient (Wildman–Crippen LogP) is -0.186. The van der Waals surface area contributed by atoms with Gasteiger partial charge in [0, 0.05) is 0 Å². The van der Waals surface area contributed by atoms with E-state index in [1.54, 1.807) is 0 Å². The van der Waals surface area contributed by atoms with Gasteiger partial charge in [-0.1, -0.05) is 6.92 Å². The summed E-state index contributed by atoms with van der Waals surface area (Å²) in [5.74, 6) is 0. The van der Waals surface area contributed by atoms with Gasteiger partial charge in [-0.15, -0.1) is 0 Å². The minimum Gasteiger partial charge on any atom is -0.455 e. The monoisotopic (exact) mass is 134 g/mol. The molecule has 3 nitrogen and oxygen atoms in total. The van der Waals surface area contributed by atoms with E-state index in [0.29, 0.717) is 6.73 Å². The third-order valence-electron chi connectivity index (χ3n) is 0.566. The zero-order valence-electron chi connectivity index (χ0n) is 4.81. The number of ether oxygens (including phenoxy) is 1. The maximum atomic E-state index is 5.00. The summed E-state index contributed by atoms with van der Waals surface area (Å²) in [5.41, 5.74) is 5.00. The largest absolute Gasteiger partial charge is 0.455 e. The van der Waals surface area contributed by atoms with E-state index in [0.717, 1.165) is 6.54 Å². The van der Waals surface area contributed by atoms with Gasteiger partial charge in [-0.3, -0.25) is 5.32 Å². The SMILES string of the molecule is CCNCOC(N)=S. The first-order valence-corrected chi connectivity index (χ1v) is 2.81. The lowest BCUT2D eigenvalue weighted by molar-refractivity contribution is 0.278. The molecule has 4 heteroatoms. The van der Waals surface area contributed by atoms with Crippen LogP contribution in [0.5, 0.6) is 0 Å². The molecule has 0 saturated heterocycles. The van der Waals surface area contributed by atoms with Crippen molar-refractivity contribution in [1.82, 2.24) is 5.32 Å². The molecule has 0 fully saturated rings. The molecule has 0 bridgehead atoms. The maximum absolute atomic E-state index is 5.00. The lowest BCUT2D eigenvalue weighted by Crippen LogP contribution is -2.23. The van der Waals surface area contributed by atoms with Gasteiger partial charge in [-0.25, -0.2) is 0 Å². The van der Waals surface area contributed by atoms with E-state index in [-0.39, 0.29) is 5.17 Å². The molecule has 0 aromatic rings. The van der Waals surface area contributed by atoms with E-state index in [4.69, 9.17) is 5.73 Å². The fourth-order valence-electron chi connectivity index (χ4n) is 0.224. The first kappa shape index (κ1) is 7.65. The summed E-state index contributed by atoms with van der Waals surface area (Å²) in [6, 6.07) is 0. The average Bonchev–Trinajstić information content (AvgIpc) is 1.66. The molecular formula is C4H10N2OS. The molecule has 0 aromatic heterocycles. The Bertz CT molecular complexity index is 76.4. The van der Waals surface area contributed by atoms with E-state index < -0.39 is 0 Å². The van der Waals surface area contributed by atoms with Crippen LogP contribution in [0.3, 0.4) is 0 Å². The molecular weight excluding hydrogens is 124 g/mol. The van der Waals surface area contributed by atoms with Crippen LogP contribution in [0.2, 0.25) is 0 Å². The Kier molecular flexibility index (Phi) is 4.59. The van der Waals surface area contributed by atoms with Crippen molar-refractivity contribution < 1.29 is 4.74 Å². The number of thiocarbonyl (C=S) groups is 1. The van der Waals surface area contributed by atoms with Gasteiger partial charge in [0.25, 0.3) is 5.17 Å². The highest BCUT2D eigenvalue weighted by Gasteiger charge is 1.82. The Morgan fingerprint density at radius 2 is 2.50 bits per heavy atom. The van der Waals surface area contributed by atoms with Crippen LogP contribution >= 0.6 is 12.2 Å². The van der Waals surface area contributed by atoms with Crippen LogP contribution < -0.4 is 11.1 Å². The minimum absolute atomic E-state index is 0.0888. The quantitative estimate of drug-likeness (QED) is 0.319. The standard InChI is InChI=1S/C4H10N2OS/c1-2-6-3-7-4(5)8/h6H,2-3H2,1H3,(H2,5,8). The fraction of sp³-hybridized carbons (Fsp3) is 0.750. The van der Waals surface area contributed by atoms with Crippen LogP contribution in [-0.4, -0.2) is 18.5 Å². The van der Waals surface area contributed by atoms with E-state index in [9.17, 15) is 0 Å². The van der Waals surface area contributed by atoms with Crippen LogP contribution in [-0.2, 0) is 4.74 Å². The Morgan fingerprint density at radius 3 is 2.88 bits per heavy atom. The molecule has 0 saturated carbocycles. The van der Waals surface area contributed by atoms with Gasteiger partial charge in [-0.2, -0.15) is 0 Å². The summed E-state index contributed by atoms with van der Waals surface area (Å²) in [4.78, 5) is 0. The van der Waals surface area contributed by atoms with Gasteiger partial charge < -0.3 is 10.5 Å². The molecule has 3 N–H and O–H groups in total. The van der Waals surface area contributed by atoms with Gasteiger partial charge >= 0.3 is 0 Å². The highest BCUT2D eigenvalue weighted by molar-refractivity contribution is 7.80. The second kappa shape index (κ2) is 4.80. The first-order valence-electron chi connectivity index (χ1n) is 2.40. The second-order valence-electron chi connectivity index (χ2n) is 1.21. The molecule has 0 radical (unpaired) electrons. The van der Waals surface area contributed by atoms with Gasteiger partial charge in [0.05, 0.1) is 0 Å². The van der Waals surface area contributed by atoms with Crippen LogP contribution in [0, 0.1) is 0 Å². The molecule has 0 aliphatic rings. The first-order chi connectivity index (χ1) is 3.77. The van der Waals surface area contributed by atoms with Crippen molar-refractivity contribution in [3.05, 3.63) is 0 Å². The van der Waals surface area contributed by atoms with Crippen molar-refractivity contribution in [1.29, 1.82) is 0 Å². The summed E-state index contributed by atoms with van der Waals surface area (Å²) in [7, 11) is 0. The number of nitrogens with two attached hydrogens (primary N) is 1. The topological polar surface area (TPSA) is 47.3 Å². The van der Waals surface area contributed by atoms with Crippen LogP contribution in [0.1, 0.15) is 6.92 Å². The summed E-state index contributed by atoms with van der Waals surface area (Å²) in [6.07, 6.45) is 0. The fourth-order valence-corrected chi connectivity index (χ4v) is 0.283. The molecule has 48 valence electrons. The highest BCUT2D eigenvalue weighted by atomic mass is 32.1. The Hall–Kier alpha value is -0.350. The van der Waals surface area contributed by atoms with Gasteiger partial charge in [0.2, 0.25) is 0 Å². The zero-order chi connectivity index (χ0) is 6.41. The van der Waals surface area contributed by atoms with Crippen molar-refractivity contribution in [3.8, 4) is 0 Å². The maximum Gasteiger partial charge on any atom is 0.255 e. The second-order valence-corrected chi connectivity index (χ2v) is 1.61. The van der Waals surface area contributed by atoms with Crippen LogP contribution in [0.15, 0.2) is 0 Å². The van der Waals surface area contributed by atoms with Crippen LogP contribution in [0.25, 0.3) is 0 Å².